The predicted molar refractivity (Wildman–Crippen MR) is 86.9 cm³/mol. The Bertz CT molecular complexity index is 958. The number of benzene rings is 2. The van der Waals surface area contributed by atoms with E-state index < -0.39 is 34.8 Å². The molecule has 0 saturated carbocycles. The second-order valence-corrected chi connectivity index (χ2v) is 6.23. The molecule has 0 fully saturated rings. The number of carbonyl (C=O) groups is 1. The highest BCUT2D eigenvalue weighted by Crippen LogP contribution is 2.09. The number of sulfonamides is 1. The maximum atomic E-state index is 12.2. The molecule has 0 aliphatic rings. The lowest BCUT2D eigenvalue weighted by Crippen LogP contribution is -2.29. The molecule has 0 aliphatic carbocycles. The Morgan fingerprint density at radius 1 is 1.22 bits per heavy atom. The number of carbonyl (C=O) groups excluding carboxylic acids is 1. The van der Waals surface area contributed by atoms with E-state index in [1.54, 1.807) is 42.0 Å². The van der Waals surface area contributed by atoms with Crippen molar-refractivity contribution in [3.05, 3.63) is 78.0 Å². The van der Waals surface area contributed by atoms with Crippen LogP contribution in [0.15, 0.2) is 71.8 Å². The highest BCUT2D eigenvalue weighted by atomic mass is 32.2. The zero-order chi connectivity index (χ0) is 20.2. The van der Waals surface area contributed by atoms with Gasteiger partial charge in [0.25, 0.3) is 15.9 Å². The minimum atomic E-state index is -4.24. The van der Waals surface area contributed by atoms with Crippen LogP contribution in [-0.4, -0.2) is 14.3 Å². The van der Waals surface area contributed by atoms with E-state index in [0.29, 0.717) is 0 Å². The van der Waals surface area contributed by atoms with Gasteiger partial charge in [-0.05, 0) is 24.6 Å². The Morgan fingerprint density at radius 3 is 2.52 bits per heavy atom. The van der Waals surface area contributed by atoms with Crippen molar-refractivity contribution >= 4 is 15.9 Å². The smallest absolute Gasteiger partial charge is 0.264 e. The lowest BCUT2D eigenvalue weighted by Gasteiger charge is -2.05. The summed E-state index contributed by atoms with van der Waals surface area (Å²) in [6, 6.07) is 12.2. The molecule has 5 nitrogen and oxygen atoms in total. The van der Waals surface area contributed by atoms with E-state index in [9.17, 15) is 13.2 Å². The van der Waals surface area contributed by atoms with Crippen LogP contribution >= 0.6 is 0 Å². The maximum Gasteiger partial charge on any atom is 0.264 e. The molecule has 0 saturated heterocycles. The SMILES string of the molecule is [2H]/C(OC([2H])([2H])c1ccccc1)=C(/[2H])C(=O)NS(=O)(=O)c1ccc(C)cc1. The fourth-order valence-corrected chi connectivity index (χ4v) is 2.49. The fourth-order valence-electron chi connectivity index (χ4n) is 1.59. The van der Waals surface area contributed by atoms with Gasteiger partial charge in [-0.2, -0.15) is 0 Å². The van der Waals surface area contributed by atoms with Gasteiger partial charge in [0.1, 0.15) is 7.93 Å². The van der Waals surface area contributed by atoms with Gasteiger partial charge >= 0.3 is 0 Å². The first kappa shape index (κ1) is 11.9. The van der Waals surface area contributed by atoms with E-state index in [4.69, 9.17) is 10.2 Å². The minimum absolute atomic E-state index is 0.0789. The van der Waals surface area contributed by atoms with Gasteiger partial charge in [-0.3, -0.25) is 4.79 Å². The quantitative estimate of drug-likeness (QED) is 0.650. The summed E-state index contributed by atoms with van der Waals surface area (Å²) in [5.74, 6) is -1.40. The largest absolute Gasteiger partial charge is 0.496 e. The van der Waals surface area contributed by atoms with E-state index in [-0.39, 0.29) is 10.5 Å². The highest BCUT2D eigenvalue weighted by molar-refractivity contribution is 7.90. The molecule has 1 amide bonds. The lowest BCUT2D eigenvalue weighted by molar-refractivity contribution is -0.115. The van der Waals surface area contributed by atoms with Crippen molar-refractivity contribution in [2.75, 3.05) is 0 Å². The summed E-state index contributed by atoms with van der Waals surface area (Å²) in [6.07, 6.45) is -1.10. The fraction of sp³-hybridized carbons (Fsp3) is 0.118. The maximum absolute atomic E-state index is 12.2. The normalized spacial score (nSPS) is 15.3. The van der Waals surface area contributed by atoms with Crippen LogP contribution in [0, 0.1) is 6.92 Å². The van der Waals surface area contributed by atoms with E-state index in [2.05, 4.69) is 0 Å². The number of amides is 1. The second-order valence-electron chi connectivity index (χ2n) is 4.54. The van der Waals surface area contributed by atoms with Crippen LogP contribution < -0.4 is 4.72 Å². The molecule has 0 atom stereocenters. The summed E-state index contributed by atoms with van der Waals surface area (Å²) in [4.78, 5) is 11.8. The van der Waals surface area contributed by atoms with Gasteiger partial charge in [-0.1, -0.05) is 48.0 Å². The number of nitrogens with one attached hydrogen (secondary N) is 1. The predicted octanol–water partition coefficient (Wildman–Crippen LogP) is 2.53. The molecule has 0 radical (unpaired) electrons. The van der Waals surface area contributed by atoms with Crippen LogP contribution in [-0.2, 0) is 26.1 Å². The van der Waals surface area contributed by atoms with Crippen LogP contribution in [0.2, 0.25) is 0 Å². The van der Waals surface area contributed by atoms with Crippen LogP contribution in [0.5, 0.6) is 0 Å². The van der Waals surface area contributed by atoms with Gasteiger partial charge < -0.3 is 4.74 Å². The van der Waals surface area contributed by atoms with Gasteiger partial charge in [0.15, 0.2) is 0 Å². The third kappa shape index (κ3) is 5.27. The lowest BCUT2D eigenvalue weighted by atomic mass is 10.2. The van der Waals surface area contributed by atoms with E-state index in [1.165, 1.54) is 24.3 Å². The van der Waals surface area contributed by atoms with Crippen molar-refractivity contribution < 1.29 is 23.4 Å². The van der Waals surface area contributed by atoms with Crippen LogP contribution in [0.1, 0.15) is 16.6 Å². The molecular weight excluding hydrogens is 314 g/mol. The molecule has 6 heteroatoms. The Balaban J connectivity index is 2.18. The Morgan fingerprint density at radius 2 is 1.87 bits per heavy atom. The third-order valence-electron chi connectivity index (χ3n) is 2.72. The molecule has 0 bridgehead atoms. The van der Waals surface area contributed by atoms with Crippen molar-refractivity contribution in [1.29, 1.82) is 0 Å². The molecule has 1 N–H and O–H groups in total. The van der Waals surface area contributed by atoms with E-state index in [1.807, 2.05) is 0 Å². The molecule has 0 spiro atoms. The average Bonchev–Trinajstić information content (AvgIpc) is 2.61. The van der Waals surface area contributed by atoms with Gasteiger partial charge in [-0.15, -0.1) is 0 Å². The van der Waals surface area contributed by atoms with Crippen molar-refractivity contribution in [1.82, 2.24) is 4.72 Å². The molecule has 2 aromatic rings. The third-order valence-corrected chi connectivity index (χ3v) is 4.06. The highest BCUT2D eigenvalue weighted by Gasteiger charge is 2.15. The van der Waals surface area contributed by atoms with E-state index in [0.717, 1.165) is 5.56 Å². The first-order valence-corrected chi connectivity index (χ1v) is 8.07. The molecule has 2 rings (SSSR count). The van der Waals surface area contributed by atoms with Crippen molar-refractivity contribution in [2.24, 2.45) is 0 Å². The second kappa shape index (κ2) is 7.60. The Kier molecular flexibility index (Phi) is 3.93. The number of ether oxygens (including phenoxy) is 1. The molecule has 0 heterocycles. The number of rotatable bonds is 6. The summed E-state index contributed by atoms with van der Waals surface area (Å²) in [7, 11) is -4.24. The summed E-state index contributed by atoms with van der Waals surface area (Å²) < 4.78 is 61.7. The summed E-state index contributed by atoms with van der Waals surface area (Å²) in [5.41, 5.74) is 0.904. The number of hydrogen-bond donors (Lipinski definition) is 1. The number of hydrogen-bond acceptors (Lipinski definition) is 4. The monoisotopic (exact) mass is 335 g/mol. The first-order valence-electron chi connectivity index (χ1n) is 8.59. The van der Waals surface area contributed by atoms with Gasteiger partial charge in [0.2, 0.25) is 0 Å². The summed E-state index contributed by atoms with van der Waals surface area (Å²) in [6.45, 7) is -0.704. The average molecular weight is 335 g/mol. The topological polar surface area (TPSA) is 72.5 Å². The first-order chi connectivity index (χ1) is 12.5. The molecular formula is C17H17NO4S. The van der Waals surface area contributed by atoms with Gasteiger partial charge in [-0.25, -0.2) is 13.1 Å². The Labute approximate surface area is 141 Å². The zero-order valence-corrected chi connectivity index (χ0v) is 13.1. The minimum Gasteiger partial charge on any atom is -0.496 e. The molecule has 23 heavy (non-hydrogen) atoms. The molecule has 2 aromatic carbocycles. The summed E-state index contributed by atoms with van der Waals surface area (Å²) in [5, 5.41) is 0. The van der Waals surface area contributed by atoms with Crippen LogP contribution in [0.4, 0.5) is 0 Å². The molecule has 120 valence electrons. The molecule has 0 aliphatic heterocycles. The van der Waals surface area contributed by atoms with Crippen molar-refractivity contribution in [3.63, 3.8) is 0 Å². The number of aryl methyl sites for hydroxylation is 1. The molecule has 0 aromatic heterocycles. The van der Waals surface area contributed by atoms with E-state index >= 15 is 0 Å². The van der Waals surface area contributed by atoms with Crippen molar-refractivity contribution in [3.8, 4) is 0 Å². The van der Waals surface area contributed by atoms with Crippen LogP contribution in [0.25, 0.3) is 0 Å². The molecule has 0 unspecified atom stereocenters. The Hall–Kier alpha value is -2.60. The van der Waals surface area contributed by atoms with Crippen LogP contribution in [0.3, 0.4) is 0 Å². The van der Waals surface area contributed by atoms with Gasteiger partial charge in [0.05, 0.1) is 15.2 Å². The van der Waals surface area contributed by atoms with Crippen molar-refractivity contribution in [2.45, 2.75) is 18.4 Å². The summed E-state index contributed by atoms with van der Waals surface area (Å²) >= 11 is 0. The zero-order valence-electron chi connectivity index (χ0n) is 16.2. The standard InChI is InChI=1S/C17H17NO4S/c1-14-7-9-16(10-8-14)23(20,21)18-17(19)11-12-22-13-15-5-3-2-4-6-15/h2-12H,13H2,1H3,(H,18,19)/b12-11+/i11D,12D,13D2. The van der Waals surface area contributed by atoms with Gasteiger partial charge in [0, 0.05) is 6.05 Å².